The lowest BCUT2D eigenvalue weighted by Gasteiger charge is -2.25. The van der Waals surface area contributed by atoms with Crippen molar-refractivity contribution in [1.29, 1.82) is 0 Å². The predicted octanol–water partition coefficient (Wildman–Crippen LogP) is 1.34. The average Bonchev–Trinajstić information content (AvgIpc) is 2.69. The van der Waals surface area contributed by atoms with Crippen molar-refractivity contribution >= 4 is 11.8 Å². The first-order chi connectivity index (χ1) is 9.70. The van der Waals surface area contributed by atoms with Crippen LogP contribution in [0, 0.1) is 11.8 Å². The van der Waals surface area contributed by atoms with Crippen molar-refractivity contribution in [2.24, 2.45) is 11.8 Å². The van der Waals surface area contributed by atoms with Gasteiger partial charge in [-0.1, -0.05) is 13.8 Å². The molecule has 2 amide bonds. The summed E-state index contributed by atoms with van der Waals surface area (Å²) < 4.78 is 0. The van der Waals surface area contributed by atoms with Crippen LogP contribution in [0.15, 0.2) is 0 Å². The Bertz CT molecular complexity index is 357. The van der Waals surface area contributed by atoms with E-state index in [4.69, 9.17) is 0 Å². The zero-order valence-electron chi connectivity index (χ0n) is 14.3. The quantitative estimate of drug-likeness (QED) is 0.771. The Hall–Kier alpha value is -1.10. The van der Waals surface area contributed by atoms with Gasteiger partial charge < -0.3 is 15.1 Å². The van der Waals surface area contributed by atoms with Gasteiger partial charge >= 0.3 is 0 Å². The number of hydrogen-bond donors (Lipinski definition) is 1. The predicted molar refractivity (Wildman–Crippen MR) is 84.9 cm³/mol. The van der Waals surface area contributed by atoms with Crippen molar-refractivity contribution in [1.82, 2.24) is 15.1 Å². The molecule has 1 aliphatic rings. The average molecular weight is 297 g/mol. The number of rotatable bonds is 7. The molecule has 0 bridgehead atoms. The molecule has 1 fully saturated rings. The molecule has 1 heterocycles. The van der Waals surface area contributed by atoms with Gasteiger partial charge in [0.2, 0.25) is 11.8 Å². The van der Waals surface area contributed by atoms with Crippen LogP contribution in [0.25, 0.3) is 0 Å². The zero-order chi connectivity index (χ0) is 16.2. The van der Waals surface area contributed by atoms with Gasteiger partial charge in [-0.05, 0) is 40.3 Å². The molecule has 0 aromatic rings. The van der Waals surface area contributed by atoms with E-state index in [-0.39, 0.29) is 29.8 Å². The molecule has 5 heteroatoms. The third-order valence-corrected chi connectivity index (χ3v) is 3.84. The van der Waals surface area contributed by atoms with E-state index < -0.39 is 0 Å². The second-order valence-electron chi connectivity index (χ2n) is 7.14. The monoisotopic (exact) mass is 297 g/mol. The first-order valence-corrected chi connectivity index (χ1v) is 7.95. The molecule has 2 atom stereocenters. The Morgan fingerprint density at radius 3 is 2.38 bits per heavy atom. The maximum atomic E-state index is 12.4. The summed E-state index contributed by atoms with van der Waals surface area (Å²) in [4.78, 5) is 28.2. The fourth-order valence-corrected chi connectivity index (χ4v) is 2.91. The van der Waals surface area contributed by atoms with Gasteiger partial charge in [-0.2, -0.15) is 0 Å². The Morgan fingerprint density at radius 1 is 1.33 bits per heavy atom. The highest BCUT2D eigenvalue weighted by Crippen LogP contribution is 2.20. The van der Waals surface area contributed by atoms with Crippen molar-refractivity contribution in [2.45, 2.75) is 52.6 Å². The molecule has 0 radical (unpaired) electrons. The number of carbonyl (C=O) groups is 2. The van der Waals surface area contributed by atoms with Crippen molar-refractivity contribution in [3.05, 3.63) is 0 Å². The summed E-state index contributed by atoms with van der Waals surface area (Å²) >= 11 is 0. The van der Waals surface area contributed by atoms with E-state index in [0.717, 1.165) is 13.0 Å². The molecule has 0 aromatic carbocycles. The van der Waals surface area contributed by atoms with Crippen LogP contribution >= 0.6 is 0 Å². The van der Waals surface area contributed by atoms with Gasteiger partial charge in [0.1, 0.15) is 0 Å². The molecule has 2 unspecified atom stereocenters. The van der Waals surface area contributed by atoms with E-state index >= 15 is 0 Å². The highest BCUT2D eigenvalue weighted by Gasteiger charge is 2.36. The number of amides is 2. The number of nitrogens with zero attached hydrogens (tertiary/aromatic N) is 2. The van der Waals surface area contributed by atoms with Crippen molar-refractivity contribution < 1.29 is 9.59 Å². The van der Waals surface area contributed by atoms with Gasteiger partial charge in [0, 0.05) is 31.6 Å². The van der Waals surface area contributed by atoms with Gasteiger partial charge in [0.15, 0.2) is 0 Å². The van der Waals surface area contributed by atoms with E-state index in [9.17, 15) is 9.59 Å². The lowest BCUT2D eigenvalue weighted by molar-refractivity contribution is -0.130. The molecule has 1 rings (SSSR count). The van der Waals surface area contributed by atoms with Gasteiger partial charge in [0.05, 0.1) is 5.92 Å². The fourth-order valence-electron chi connectivity index (χ4n) is 2.91. The van der Waals surface area contributed by atoms with E-state index in [1.807, 2.05) is 27.9 Å². The summed E-state index contributed by atoms with van der Waals surface area (Å²) in [6.07, 6.45) is 1.30. The lowest BCUT2D eigenvalue weighted by Crippen LogP contribution is -2.45. The van der Waals surface area contributed by atoms with Crippen LogP contribution in [0.1, 0.15) is 40.5 Å². The lowest BCUT2D eigenvalue weighted by atomic mass is 10.0. The molecule has 1 N–H and O–H groups in total. The second kappa shape index (κ2) is 7.78. The zero-order valence-corrected chi connectivity index (χ0v) is 14.3. The van der Waals surface area contributed by atoms with Crippen molar-refractivity contribution in [3.63, 3.8) is 0 Å². The third kappa shape index (κ3) is 5.65. The van der Waals surface area contributed by atoms with Gasteiger partial charge in [-0.15, -0.1) is 0 Å². The number of likely N-dealkylation sites (tertiary alicyclic amines) is 1. The van der Waals surface area contributed by atoms with Crippen LogP contribution < -0.4 is 5.32 Å². The Labute approximate surface area is 129 Å². The van der Waals surface area contributed by atoms with Gasteiger partial charge in [-0.3, -0.25) is 9.59 Å². The minimum absolute atomic E-state index is 0.0269. The SMILES string of the molecule is CC(C)CC(CN(C)C)NC(=O)C1CC(=O)N(C(C)C)C1. The fraction of sp³-hybridized carbons (Fsp3) is 0.875. The standard InChI is InChI=1S/C16H31N3O2/c1-11(2)7-14(10-18(5)6)17-16(21)13-8-15(20)19(9-13)12(3)4/h11-14H,7-10H2,1-6H3,(H,17,21). The Morgan fingerprint density at radius 2 is 1.95 bits per heavy atom. The molecule has 122 valence electrons. The second-order valence-corrected chi connectivity index (χ2v) is 7.14. The molecular formula is C16H31N3O2. The van der Waals surface area contributed by atoms with E-state index in [0.29, 0.717) is 18.9 Å². The molecule has 0 spiro atoms. The highest BCUT2D eigenvalue weighted by atomic mass is 16.2. The van der Waals surface area contributed by atoms with E-state index in [1.54, 1.807) is 4.90 Å². The first kappa shape index (κ1) is 18.0. The minimum Gasteiger partial charge on any atom is -0.352 e. The molecule has 0 aromatic heterocycles. The molecule has 0 saturated carbocycles. The molecule has 0 aliphatic carbocycles. The van der Waals surface area contributed by atoms with Crippen molar-refractivity contribution in [3.8, 4) is 0 Å². The molecule has 1 aliphatic heterocycles. The summed E-state index contributed by atoms with van der Waals surface area (Å²) in [7, 11) is 4.03. The van der Waals surface area contributed by atoms with Gasteiger partial charge in [-0.25, -0.2) is 0 Å². The summed E-state index contributed by atoms with van der Waals surface area (Å²) in [5.41, 5.74) is 0. The largest absolute Gasteiger partial charge is 0.352 e. The van der Waals surface area contributed by atoms with Crippen LogP contribution in [-0.2, 0) is 9.59 Å². The molecule has 5 nitrogen and oxygen atoms in total. The molecular weight excluding hydrogens is 266 g/mol. The van der Waals surface area contributed by atoms with Crippen LogP contribution in [0.5, 0.6) is 0 Å². The van der Waals surface area contributed by atoms with Crippen molar-refractivity contribution in [2.75, 3.05) is 27.2 Å². The Kier molecular flexibility index (Phi) is 6.65. The van der Waals surface area contributed by atoms with Gasteiger partial charge in [0.25, 0.3) is 0 Å². The number of carbonyl (C=O) groups excluding carboxylic acids is 2. The third-order valence-electron chi connectivity index (χ3n) is 3.84. The normalized spacial score (nSPS) is 20.7. The van der Waals surface area contributed by atoms with Crippen LogP contribution in [0.3, 0.4) is 0 Å². The van der Waals surface area contributed by atoms with Crippen LogP contribution in [-0.4, -0.2) is 60.9 Å². The topological polar surface area (TPSA) is 52.7 Å². The summed E-state index contributed by atoms with van der Waals surface area (Å²) in [5, 5.41) is 3.14. The van der Waals surface area contributed by atoms with E-state index in [1.165, 1.54) is 0 Å². The summed E-state index contributed by atoms with van der Waals surface area (Å²) in [6, 6.07) is 0.319. The van der Waals surface area contributed by atoms with Crippen LogP contribution in [0.4, 0.5) is 0 Å². The number of nitrogens with one attached hydrogen (secondary N) is 1. The summed E-state index contributed by atoms with van der Waals surface area (Å²) in [5.74, 6) is 0.460. The number of likely N-dealkylation sites (N-methyl/N-ethyl adjacent to an activating group) is 1. The maximum Gasteiger partial charge on any atom is 0.225 e. The van der Waals surface area contributed by atoms with Crippen LogP contribution in [0.2, 0.25) is 0 Å². The Balaban J connectivity index is 2.59. The highest BCUT2D eigenvalue weighted by molar-refractivity contribution is 5.89. The minimum atomic E-state index is -0.197. The molecule has 1 saturated heterocycles. The first-order valence-electron chi connectivity index (χ1n) is 7.95. The molecule has 21 heavy (non-hydrogen) atoms. The van der Waals surface area contributed by atoms with E-state index in [2.05, 4.69) is 24.1 Å². The smallest absolute Gasteiger partial charge is 0.225 e. The maximum absolute atomic E-state index is 12.4. The number of hydrogen-bond acceptors (Lipinski definition) is 3. The summed E-state index contributed by atoms with van der Waals surface area (Å²) in [6.45, 7) is 9.69.